The van der Waals surface area contributed by atoms with Crippen LogP contribution in [0, 0.1) is 5.82 Å². The molecule has 0 saturated carbocycles. The molecule has 1 atom stereocenters. The van der Waals surface area contributed by atoms with Crippen LogP contribution in [0.1, 0.15) is 37.9 Å². The van der Waals surface area contributed by atoms with Crippen LogP contribution in [0.4, 0.5) is 15.8 Å². The zero-order valence-electron chi connectivity index (χ0n) is 19.2. The molecule has 0 bridgehead atoms. The average Bonchev–Trinajstić information content (AvgIpc) is 3.09. The molecular weight excluding hydrogens is 459 g/mol. The molecule has 4 aromatic carbocycles. The summed E-state index contributed by atoms with van der Waals surface area (Å²) in [5.41, 5.74) is 2.54. The molecule has 36 heavy (non-hydrogen) atoms. The van der Waals surface area contributed by atoms with Gasteiger partial charge in [0.25, 0.3) is 5.91 Å². The molecule has 2 N–H and O–H groups in total. The average molecular weight is 483 g/mol. The Balaban J connectivity index is 1.51. The SMILES string of the molecule is O=C(Nc1ccc(N2Cc3ccccc3OC(c3ccccc3F)C2)c(C(=O)O)c1)c1ccccc1. The van der Waals surface area contributed by atoms with Crippen LogP contribution >= 0.6 is 0 Å². The molecule has 1 unspecified atom stereocenters. The standard InChI is InChI=1S/C29H23FN2O4/c30-24-12-6-5-11-22(24)27-18-32(17-20-10-4-7-13-26(20)36-27)25-15-14-21(16-23(25)29(34)35)31-28(33)19-8-2-1-3-9-19/h1-16,27H,17-18H2,(H,31,33)(H,34,35). The van der Waals surface area contributed by atoms with Crippen molar-refractivity contribution in [3.8, 4) is 5.75 Å². The number of fused-ring (bicyclic) bond motifs is 1. The Morgan fingerprint density at radius 3 is 2.42 bits per heavy atom. The van der Waals surface area contributed by atoms with E-state index in [1.165, 1.54) is 12.1 Å². The number of halogens is 1. The number of carbonyl (C=O) groups excluding carboxylic acids is 1. The fourth-order valence-electron chi connectivity index (χ4n) is 4.35. The first-order valence-corrected chi connectivity index (χ1v) is 11.5. The van der Waals surface area contributed by atoms with Crippen molar-refractivity contribution in [2.75, 3.05) is 16.8 Å². The maximum Gasteiger partial charge on any atom is 0.337 e. The predicted octanol–water partition coefficient (Wildman–Crippen LogP) is 5.92. The third kappa shape index (κ3) is 4.77. The maximum atomic E-state index is 14.7. The summed E-state index contributed by atoms with van der Waals surface area (Å²) in [5, 5.41) is 12.8. The molecule has 1 aliphatic heterocycles. The van der Waals surface area contributed by atoms with E-state index in [1.807, 2.05) is 35.2 Å². The van der Waals surface area contributed by atoms with Gasteiger partial charge in [0.2, 0.25) is 0 Å². The van der Waals surface area contributed by atoms with Crippen molar-refractivity contribution in [2.45, 2.75) is 12.6 Å². The Morgan fingerprint density at radius 2 is 1.64 bits per heavy atom. The molecule has 0 fully saturated rings. The highest BCUT2D eigenvalue weighted by atomic mass is 19.1. The highest BCUT2D eigenvalue weighted by Gasteiger charge is 2.28. The van der Waals surface area contributed by atoms with Crippen molar-refractivity contribution in [3.05, 3.63) is 125 Å². The fraction of sp³-hybridized carbons (Fsp3) is 0.103. The van der Waals surface area contributed by atoms with Crippen LogP contribution in [0.5, 0.6) is 5.75 Å². The molecule has 4 aromatic rings. The van der Waals surface area contributed by atoms with Crippen molar-refractivity contribution in [2.24, 2.45) is 0 Å². The summed E-state index contributed by atoms with van der Waals surface area (Å²) in [7, 11) is 0. The second-order valence-corrected chi connectivity index (χ2v) is 8.47. The van der Waals surface area contributed by atoms with Gasteiger partial charge in [-0.25, -0.2) is 9.18 Å². The van der Waals surface area contributed by atoms with E-state index < -0.39 is 12.1 Å². The van der Waals surface area contributed by atoms with Gasteiger partial charge in [-0.3, -0.25) is 4.79 Å². The van der Waals surface area contributed by atoms with E-state index in [4.69, 9.17) is 4.74 Å². The summed E-state index contributed by atoms with van der Waals surface area (Å²) in [6, 6.07) is 27.3. The highest BCUT2D eigenvalue weighted by Crippen LogP contribution is 2.36. The van der Waals surface area contributed by atoms with Crippen LogP contribution in [-0.4, -0.2) is 23.5 Å². The summed E-state index contributed by atoms with van der Waals surface area (Å²) in [5.74, 6) is -1.24. The number of carboxylic acids is 1. The number of ether oxygens (including phenoxy) is 1. The third-order valence-corrected chi connectivity index (χ3v) is 6.10. The number of benzene rings is 4. The molecule has 0 saturated heterocycles. The number of amides is 1. The van der Waals surface area contributed by atoms with Gasteiger partial charge in [0.1, 0.15) is 17.7 Å². The number of nitrogens with one attached hydrogen (secondary N) is 1. The van der Waals surface area contributed by atoms with Crippen LogP contribution in [0.15, 0.2) is 97.1 Å². The molecule has 1 heterocycles. The topological polar surface area (TPSA) is 78.9 Å². The number of carbonyl (C=O) groups is 2. The second-order valence-electron chi connectivity index (χ2n) is 8.47. The van der Waals surface area contributed by atoms with E-state index in [1.54, 1.807) is 54.6 Å². The van der Waals surface area contributed by atoms with E-state index in [2.05, 4.69) is 5.32 Å². The number of carboxylic acid groups (broad SMARTS) is 1. The lowest BCUT2D eigenvalue weighted by molar-refractivity contribution is 0.0697. The van der Waals surface area contributed by atoms with E-state index in [0.717, 1.165) is 5.56 Å². The van der Waals surface area contributed by atoms with Crippen molar-refractivity contribution in [3.63, 3.8) is 0 Å². The van der Waals surface area contributed by atoms with E-state index in [9.17, 15) is 19.1 Å². The molecular formula is C29H23FN2O4. The minimum Gasteiger partial charge on any atom is -0.483 e. The minimum atomic E-state index is -1.14. The zero-order chi connectivity index (χ0) is 25.1. The Hall–Kier alpha value is -4.65. The Bertz CT molecular complexity index is 1420. The van der Waals surface area contributed by atoms with Gasteiger partial charge in [0.15, 0.2) is 0 Å². The molecule has 0 aliphatic carbocycles. The van der Waals surface area contributed by atoms with E-state index >= 15 is 0 Å². The summed E-state index contributed by atoms with van der Waals surface area (Å²) in [4.78, 5) is 26.7. The number of nitrogens with zero attached hydrogens (tertiary/aromatic N) is 1. The molecule has 0 radical (unpaired) electrons. The lowest BCUT2D eigenvalue weighted by Gasteiger charge is -2.28. The number of rotatable bonds is 5. The predicted molar refractivity (Wildman–Crippen MR) is 135 cm³/mol. The van der Waals surface area contributed by atoms with Crippen molar-refractivity contribution >= 4 is 23.3 Å². The van der Waals surface area contributed by atoms with Crippen LogP contribution in [0.25, 0.3) is 0 Å². The molecule has 1 aliphatic rings. The lowest BCUT2D eigenvalue weighted by Crippen LogP contribution is -2.30. The van der Waals surface area contributed by atoms with Gasteiger partial charge in [-0.15, -0.1) is 0 Å². The first-order chi connectivity index (χ1) is 17.5. The monoisotopic (exact) mass is 482 g/mol. The highest BCUT2D eigenvalue weighted by molar-refractivity contribution is 6.05. The van der Waals surface area contributed by atoms with Gasteiger partial charge >= 0.3 is 5.97 Å². The summed E-state index contributed by atoms with van der Waals surface area (Å²) >= 11 is 0. The molecule has 7 heteroatoms. The van der Waals surface area contributed by atoms with E-state index in [-0.39, 0.29) is 23.8 Å². The van der Waals surface area contributed by atoms with Crippen LogP contribution in [0.2, 0.25) is 0 Å². The van der Waals surface area contributed by atoms with E-state index in [0.29, 0.717) is 34.8 Å². The molecule has 5 rings (SSSR count). The maximum absolute atomic E-state index is 14.7. The van der Waals surface area contributed by atoms with Crippen molar-refractivity contribution in [1.82, 2.24) is 0 Å². The molecule has 0 spiro atoms. The first-order valence-electron chi connectivity index (χ1n) is 11.5. The van der Waals surface area contributed by atoms with Crippen LogP contribution in [0.3, 0.4) is 0 Å². The normalized spacial score (nSPS) is 14.8. The van der Waals surface area contributed by atoms with Gasteiger partial charge in [-0.1, -0.05) is 54.6 Å². The summed E-state index contributed by atoms with van der Waals surface area (Å²) in [6.45, 7) is 0.600. The molecule has 0 aromatic heterocycles. The van der Waals surface area contributed by atoms with Gasteiger partial charge in [-0.05, 0) is 42.5 Å². The fourth-order valence-corrected chi connectivity index (χ4v) is 4.35. The number of hydrogen-bond donors (Lipinski definition) is 2. The van der Waals surface area contributed by atoms with Crippen LogP contribution in [-0.2, 0) is 6.54 Å². The number of anilines is 2. The Kier molecular flexibility index (Phi) is 6.36. The van der Waals surface area contributed by atoms with Gasteiger partial charge in [-0.2, -0.15) is 0 Å². The van der Waals surface area contributed by atoms with Crippen LogP contribution < -0.4 is 15.0 Å². The smallest absolute Gasteiger partial charge is 0.337 e. The molecule has 180 valence electrons. The second kappa shape index (κ2) is 9.92. The zero-order valence-corrected chi connectivity index (χ0v) is 19.2. The van der Waals surface area contributed by atoms with Crippen molar-refractivity contribution < 1.29 is 23.8 Å². The lowest BCUT2D eigenvalue weighted by atomic mass is 10.1. The largest absolute Gasteiger partial charge is 0.483 e. The Labute approximate surface area is 207 Å². The van der Waals surface area contributed by atoms with Gasteiger partial charge < -0.3 is 20.1 Å². The third-order valence-electron chi connectivity index (χ3n) is 6.10. The summed E-state index contributed by atoms with van der Waals surface area (Å²) < 4.78 is 20.9. The molecule has 1 amide bonds. The Morgan fingerprint density at radius 1 is 0.917 bits per heavy atom. The summed E-state index contributed by atoms with van der Waals surface area (Å²) in [6.07, 6.45) is -0.658. The van der Waals surface area contributed by atoms with Gasteiger partial charge in [0, 0.05) is 28.9 Å². The quantitative estimate of drug-likeness (QED) is 0.369. The first kappa shape index (κ1) is 23.1. The number of hydrogen-bond acceptors (Lipinski definition) is 4. The number of aromatic carboxylic acids is 1. The van der Waals surface area contributed by atoms with Gasteiger partial charge in [0.05, 0.1) is 17.8 Å². The minimum absolute atomic E-state index is 0.0209. The molecule has 6 nitrogen and oxygen atoms in total. The van der Waals surface area contributed by atoms with Crippen molar-refractivity contribution in [1.29, 1.82) is 0 Å². The number of para-hydroxylation sites is 1.